The van der Waals surface area contributed by atoms with Crippen LogP contribution < -0.4 is 5.32 Å². The van der Waals surface area contributed by atoms with Gasteiger partial charge >= 0.3 is 5.97 Å². The van der Waals surface area contributed by atoms with Crippen molar-refractivity contribution in [3.8, 4) is 0 Å². The van der Waals surface area contributed by atoms with Gasteiger partial charge in [0.25, 0.3) is 0 Å². The predicted molar refractivity (Wildman–Crippen MR) is 57.9 cm³/mol. The fourth-order valence-electron chi connectivity index (χ4n) is 1.73. The quantitative estimate of drug-likeness (QED) is 0.741. The maximum Gasteiger partial charge on any atom is 0.326 e. The second kappa shape index (κ2) is 5.84. The Morgan fingerprint density at radius 2 is 2.12 bits per heavy atom. The van der Waals surface area contributed by atoms with E-state index in [1.54, 1.807) is 13.8 Å². The van der Waals surface area contributed by atoms with E-state index in [4.69, 9.17) is 9.84 Å². The number of rotatable bonds is 4. The molecule has 2 unspecified atom stereocenters. The zero-order valence-corrected chi connectivity index (χ0v) is 9.73. The van der Waals surface area contributed by atoms with E-state index in [0.717, 1.165) is 12.8 Å². The van der Waals surface area contributed by atoms with Crippen LogP contribution in [0.15, 0.2) is 0 Å². The number of carbonyl (C=O) groups excluding carboxylic acids is 1. The lowest BCUT2D eigenvalue weighted by molar-refractivity contribution is -0.145. The Kier molecular flexibility index (Phi) is 4.73. The number of ether oxygens (including phenoxy) is 1. The third-order valence-corrected chi connectivity index (χ3v) is 2.76. The average molecular weight is 229 g/mol. The summed E-state index contributed by atoms with van der Waals surface area (Å²) in [4.78, 5) is 22.6. The number of carboxylic acid groups (broad SMARTS) is 1. The number of nitrogens with one attached hydrogen (secondary N) is 1. The van der Waals surface area contributed by atoms with Crippen molar-refractivity contribution in [3.05, 3.63) is 0 Å². The molecule has 1 saturated heterocycles. The molecule has 0 saturated carbocycles. The van der Waals surface area contributed by atoms with Crippen molar-refractivity contribution < 1.29 is 19.4 Å². The van der Waals surface area contributed by atoms with Crippen LogP contribution in [0.3, 0.4) is 0 Å². The van der Waals surface area contributed by atoms with Crippen LogP contribution in [0, 0.1) is 11.8 Å². The number of carbonyl (C=O) groups is 2. The molecule has 0 aliphatic carbocycles. The summed E-state index contributed by atoms with van der Waals surface area (Å²) in [6.07, 6.45) is 1.64. The summed E-state index contributed by atoms with van der Waals surface area (Å²) in [5.41, 5.74) is 0. The number of hydrogen-bond acceptors (Lipinski definition) is 3. The fraction of sp³-hybridized carbons (Fsp3) is 0.818. The highest BCUT2D eigenvalue weighted by Gasteiger charge is 2.31. The molecule has 1 heterocycles. The zero-order chi connectivity index (χ0) is 12.1. The highest BCUT2D eigenvalue weighted by atomic mass is 16.5. The average Bonchev–Trinajstić information content (AvgIpc) is 2.26. The molecule has 5 heteroatoms. The van der Waals surface area contributed by atoms with E-state index in [-0.39, 0.29) is 17.7 Å². The highest BCUT2D eigenvalue weighted by molar-refractivity contribution is 5.84. The molecule has 0 aromatic heterocycles. The van der Waals surface area contributed by atoms with E-state index in [1.807, 2.05) is 0 Å². The molecule has 1 amide bonds. The van der Waals surface area contributed by atoms with Gasteiger partial charge in [0, 0.05) is 18.4 Å². The Hall–Kier alpha value is -1.10. The normalized spacial score (nSPS) is 22.8. The molecule has 1 fully saturated rings. The molecule has 92 valence electrons. The Morgan fingerprint density at radius 3 is 2.56 bits per heavy atom. The first-order valence-corrected chi connectivity index (χ1v) is 5.63. The molecule has 5 nitrogen and oxygen atoms in total. The predicted octanol–water partition coefficient (Wildman–Crippen LogP) is 0.638. The molecule has 0 aromatic rings. The molecule has 2 atom stereocenters. The summed E-state index contributed by atoms with van der Waals surface area (Å²) < 4.78 is 5.24. The van der Waals surface area contributed by atoms with Crippen LogP contribution in [0.5, 0.6) is 0 Å². The highest BCUT2D eigenvalue weighted by Crippen LogP contribution is 2.18. The minimum atomic E-state index is -0.982. The minimum Gasteiger partial charge on any atom is -0.480 e. The van der Waals surface area contributed by atoms with Crippen molar-refractivity contribution in [3.63, 3.8) is 0 Å². The first-order chi connectivity index (χ1) is 7.52. The molecule has 0 bridgehead atoms. The number of carboxylic acids is 1. The van der Waals surface area contributed by atoms with Crippen LogP contribution in [-0.2, 0) is 14.3 Å². The lowest BCUT2D eigenvalue weighted by Gasteiger charge is -2.28. The van der Waals surface area contributed by atoms with E-state index in [9.17, 15) is 9.59 Å². The van der Waals surface area contributed by atoms with Crippen molar-refractivity contribution in [2.24, 2.45) is 11.8 Å². The maximum absolute atomic E-state index is 11.5. The standard InChI is InChI=1S/C11H19NO4/c1-7(2)10(13)12-9(11(14)15)8-4-3-5-16-6-8/h7-9H,3-6H2,1-2H3,(H,12,13)(H,14,15). The van der Waals surface area contributed by atoms with E-state index in [2.05, 4.69) is 5.32 Å². The van der Waals surface area contributed by atoms with Gasteiger partial charge in [-0.2, -0.15) is 0 Å². The van der Waals surface area contributed by atoms with E-state index in [1.165, 1.54) is 0 Å². The number of hydrogen-bond donors (Lipinski definition) is 2. The van der Waals surface area contributed by atoms with Crippen LogP contribution in [0.4, 0.5) is 0 Å². The van der Waals surface area contributed by atoms with Crippen molar-refractivity contribution in [2.45, 2.75) is 32.7 Å². The van der Waals surface area contributed by atoms with Gasteiger partial charge in [-0.3, -0.25) is 4.79 Å². The van der Waals surface area contributed by atoms with Gasteiger partial charge in [0.1, 0.15) is 6.04 Å². The smallest absolute Gasteiger partial charge is 0.326 e. The van der Waals surface area contributed by atoms with Crippen LogP contribution in [-0.4, -0.2) is 36.2 Å². The van der Waals surface area contributed by atoms with Crippen LogP contribution in [0.2, 0.25) is 0 Å². The summed E-state index contributed by atoms with van der Waals surface area (Å²) in [5.74, 6) is -1.53. The van der Waals surface area contributed by atoms with Crippen LogP contribution >= 0.6 is 0 Å². The summed E-state index contributed by atoms with van der Waals surface area (Å²) >= 11 is 0. The first-order valence-electron chi connectivity index (χ1n) is 5.63. The Labute approximate surface area is 95.2 Å². The monoisotopic (exact) mass is 229 g/mol. The van der Waals surface area contributed by atoms with Crippen LogP contribution in [0.25, 0.3) is 0 Å². The minimum absolute atomic E-state index is 0.117. The van der Waals surface area contributed by atoms with Crippen molar-refractivity contribution in [1.29, 1.82) is 0 Å². The molecule has 0 spiro atoms. The van der Waals surface area contributed by atoms with Gasteiger partial charge in [0.05, 0.1) is 6.61 Å². The van der Waals surface area contributed by atoms with Gasteiger partial charge in [0.15, 0.2) is 0 Å². The summed E-state index contributed by atoms with van der Waals surface area (Å²) in [6.45, 7) is 4.58. The summed E-state index contributed by atoms with van der Waals surface area (Å²) in [5, 5.41) is 11.7. The van der Waals surface area contributed by atoms with Crippen molar-refractivity contribution in [2.75, 3.05) is 13.2 Å². The van der Waals surface area contributed by atoms with Gasteiger partial charge in [0.2, 0.25) is 5.91 Å². The SMILES string of the molecule is CC(C)C(=O)NC(C(=O)O)C1CCCOC1. The fourth-order valence-corrected chi connectivity index (χ4v) is 1.73. The molecular weight excluding hydrogens is 210 g/mol. The van der Waals surface area contributed by atoms with Crippen LogP contribution in [0.1, 0.15) is 26.7 Å². The third kappa shape index (κ3) is 3.48. The second-order valence-corrected chi connectivity index (χ2v) is 4.46. The summed E-state index contributed by atoms with van der Waals surface area (Å²) in [7, 11) is 0. The van der Waals surface area contributed by atoms with E-state index >= 15 is 0 Å². The van der Waals surface area contributed by atoms with E-state index < -0.39 is 12.0 Å². The molecule has 1 rings (SSSR count). The van der Waals surface area contributed by atoms with Gasteiger partial charge < -0.3 is 15.2 Å². The molecule has 0 aromatic carbocycles. The molecule has 1 aliphatic heterocycles. The summed E-state index contributed by atoms with van der Waals surface area (Å²) in [6, 6.07) is -0.824. The molecular formula is C11H19NO4. The zero-order valence-electron chi connectivity index (χ0n) is 9.73. The molecule has 1 aliphatic rings. The van der Waals surface area contributed by atoms with Gasteiger partial charge in [-0.1, -0.05) is 13.8 Å². The number of aliphatic carboxylic acids is 1. The third-order valence-electron chi connectivity index (χ3n) is 2.76. The van der Waals surface area contributed by atoms with Crippen molar-refractivity contribution >= 4 is 11.9 Å². The lowest BCUT2D eigenvalue weighted by atomic mass is 9.93. The van der Waals surface area contributed by atoms with E-state index in [0.29, 0.717) is 13.2 Å². The van der Waals surface area contributed by atoms with Gasteiger partial charge in [-0.15, -0.1) is 0 Å². The van der Waals surface area contributed by atoms with Gasteiger partial charge in [-0.05, 0) is 12.8 Å². The molecule has 2 N–H and O–H groups in total. The number of amides is 1. The second-order valence-electron chi connectivity index (χ2n) is 4.46. The Balaban J connectivity index is 2.59. The van der Waals surface area contributed by atoms with Crippen molar-refractivity contribution in [1.82, 2.24) is 5.32 Å². The lowest BCUT2D eigenvalue weighted by Crippen LogP contribution is -2.49. The first kappa shape index (κ1) is 13.0. The Bertz CT molecular complexity index is 259. The largest absolute Gasteiger partial charge is 0.480 e. The van der Waals surface area contributed by atoms with Gasteiger partial charge in [-0.25, -0.2) is 4.79 Å². The molecule has 16 heavy (non-hydrogen) atoms. The topological polar surface area (TPSA) is 75.6 Å². The molecule has 0 radical (unpaired) electrons. The maximum atomic E-state index is 11.5. The Morgan fingerprint density at radius 1 is 1.44 bits per heavy atom.